The molecule has 0 amide bonds. The van der Waals surface area contributed by atoms with E-state index in [1.807, 2.05) is 0 Å². The minimum absolute atomic E-state index is 0.699. The fourth-order valence-electron chi connectivity index (χ4n) is 0.854. The van der Waals surface area contributed by atoms with Gasteiger partial charge >= 0.3 is 66.7 Å². The van der Waals surface area contributed by atoms with E-state index < -0.39 is 19.8 Å². The Morgan fingerprint density at radius 1 is 1.11 bits per heavy atom. The van der Waals surface area contributed by atoms with E-state index in [1.54, 1.807) is 8.87 Å². The summed E-state index contributed by atoms with van der Waals surface area (Å²) in [7, 11) is 0. The van der Waals surface area contributed by atoms with Gasteiger partial charge in [-0.1, -0.05) is 0 Å². The van der Waals surface area contributed by atoms with E-state index in [9.17, 15) is 0 Å². The molecule has 0 aliphatic rings. The van der Waals surface area contributed by atoms with Crippen LogP contribution in [-0.4, -0.2) is 19.8 Å². The van der Waals surface area contributed by atoms with Crippen molar-refractivity contribution < 1.29 is 0 Å². The van der Waals surface area contributed by atoms with Crippen LogP contribution in [0.1, 0.15) is 33.1 Å². The van der Waals surface area contributed by atoms with Crippen molar-refractivity contribution in [2.75, 3.05) is 0 Å². The summed E-state index contributed by atoms with van der Waals surface area (Å²) in [4.78, 5) is 2.54. The van der Waals surface area contributed by atoms with Gasteiger partial charge in [0.15, 0.2) is 0 Å². The quantitative estimate of drug-likeness (QED) is 0.505. The van der Waals surface area contributed by atoms with E-state index >= 15 is 0 Å². The van der Waals surface area contributed by atoms with Crippen LogP contribution in [0.2, 0.25) is 13.8 Å². The van der Waals surface area contributed by atoms with Crippen molar-refractivity contribution in [3.63, 3.8) is 0 Å². The average Bonchev–Trinajstić information content (AvgIpc) is 1.89. The summed E-state index contributed by atoms with van der Waals surface area (Å²) in [5.41, 5.74) is 0. The number of unbranched alkanes of at least 4 members (excludes halogenated alkanes) is 2. The second-order valence-electron chi connectivity index (χ2n) is 2.77. The van der Waals surface area contributed by atoms with Gasteiger partial charge in [0.1, 0.15) is 0 Å². The zero-order chi connectivity index (χ0) is 7.11. The van der Waals surface area contributed by atoms with Crippen molar-refractivity contribution in [3.05, 3.63) is 0 Å². The SMILES string of the molecule is CCCC[CH2][Sn]([CH3])[CH2]C. The summed E-state index contributed by atoms with van der Waals surface area (Å²) in [5.74, 6) is 0. The summed E-state index contributed by atoms with van der Waals surface area (Å²) >= 11 is -0.699. The second-order valence-corrected chi connectivity index (χ2v) is 11.7. The van der Waals surface area contributed by atoms with Crippen LogP contribution in [0.25, 0.3) is 0 Å². The zero-order valence-corrected chi connectivity index (χ0v) is 9.89. The molecule has 0 saturated carbocycles. The molecule has 1 heteroatoms. The van der Waals surface area contributed by atoms with Crippen molar-refractivity contribution in [1.82, 2.24) is 0 Å². The molecule has 0 aliphatic carbocycles. The topological polar surface area (TPSA) is 0 Å². The maximum atomic E-state index is 2.54. The summed E-state index contributed by atoms with van der Waals surface area (Å²) in [6.45, 7) is 4.64. The predicted octanol–water partition coefficient (Wildman–Crippen LogP) is 3.32. The van der Waals surface area contributed by atoms with Crippen LogP contribution in [0, 0.1) is 0 Å². The van der Waals surface area contributed by atoms with Gasteiger partial charge in [0, 0.05) is 0 Å². The molecule has 0 rings (SSSR count). The molecular formula is C8H19Sn. The molecule has 0 N–H and O–H groups in total. The third-order valence-corrected chi connectivity index (χ3v) is 8.70. The summed E-state index contributed by atoms with van der Waals surface area (Å²) < 4.78 is 3.18. The number of hydrogen-bond donors (Lipinski definition) is 0. The molecule has 0 heterocycles. The first-order valence-electron chi connectivity index (χ1n) is 4.12. The van der Waals surface area contributed by atoms with Gasteiger partial charge in [0.05, 0.1) is 0 Å². The number of rotatable bonds is 5. The third kappa shape index (κ3) is 6.69. The molecular weight excluding hydrogens is 215 g/mol. The Kier molecular flexibility index (Phi) is 7.53. The molecule has 0 nitrogen and oxygen atoms in total. The fraction of sp³-hybridized carbons (Fsp3) is 1.00. The Morgan fingerprint density at radius 3 is 2.22 bits per heavy atom. The molecule has 55 valence electrons. The maximum absolute atomic E-state index is 2.54. The van der Waals surface area contributed by atoms with E-state index in [-0.39, 0.29) is 0 Å². The van der Waals surface area contributed by atoms with Crippen LogP contribution < -0.4 is 0 Å². The molecule has 0 bridgehead atoms. The van der Waals surface area contributed by atoms with Gasteiger partial charge < -0.3 is 0 Å². The van der Waals surface area contributed by atoms with Crippen LogP contribution in [0.4, 0.5) is 0 Å². The van der Waals surface area contributed by atoms with E-state index in [2.05, 4.69) is 18.8 Å². The third-order valence-electron chi connectivity index (χ3n) is 1.81. The average molecular weight is 234 g/mol. The van der Waals surface area contributed by atoms with Crippen LogP contribution >= 0.6 is 0 Å². The molecule has 0 aliphatic heterocycles. The summed E-state index contributed by atoms with van der Waals surface area (Å²) in [5, 5.41) is 0. The molecule has 0 spiro atoms. The standard InChI is InChI=1S/C5H11.C2H5.CH3.Sn/c1-3-5-4-2;1-2;;/h1,3-5H2,2H3;1H2,2H3;1H3;. The van der Waals surface area contributed by atoms with Crippen LogP contribution in [-0.2, 0) is 0 Å². The van der Waals surface area contributed by atoms with Gasteiger partial charge in [-0.05, 0) is 0 Å². The van der Waals surface area contributed by atoms with Gasteiger partial charge in [-0.2, -0.15) is 0 Å². The summed E-state index contributed by atoms with van der Waals surface area (Å²) in [6.07, 6.45) is 4.38. The van der Waals surface area contributed by atoms with Gasteiger partial charge in [-0.3, -0.25) is 0 Å². The first-order chi connectivity index (χ1) is 4.31. The molecule has 0 unspecified atom stereocenters. The van der Waals surface area contributed by atoms with Gasteiger partial charge in [-0.25, -0.2) is 0 Å². The molecule has 1 radical (unpaired) electrons. The Labute approximate surface area is 66.8 Å². The van der Waals surface area contributed by atoms with Crippen LogP contribution in [0.15, 0.2) is 0 Å². The Bertz CT molecular complexity index is 52.5. The van der Waals surface area contributed by atoms with Crippen molar-refractivity contribution in [2.45, 2.75) is 46.9 Å². The fourth-order valence-corrected chi connectivity index (χ4v) is 4.30. The molecule has 9 heavy (non-hydrogen) atoms. The van der Waals surface area contributed by atoms with Crippen molar-refractivity contribution in [2.24, 2.45) is 0 Å². The molecule has 0 atom stereocenters. The van der Waals surface area contributed by atoms with Crippen LogP contribution in [0.3, 0.4) is 0 Å². The van der Waals surface area contributed by atoms with Crippen LogP contribution in [0.5, 0.6) is 0 Å². The first kappa shape index (κ1) is 9.80. The monoisotopic (exact) mass is 235 g/mol. The molecule has 0 fully saturated rings. The van der Waals surface area contributed by atoms with Gasteiger partial charge in [-0.15, -0.1) is 0 Å². The molecule has 0 saturated heterocycles. The second kappa shape index (κ2) is 6.91. The zero-order valence-electron chi connectivity index (χ0n) is 7.04. The molecule has 0 aromatic rings. The Morgan fingerprint density at radius 2 is 1.78 bits per heavy atom. The number of hydrogen-bond acceptors (Lipinski definition) is 0. The predicted molar refractivity (Wildman–Crippen MR) is 46.4 cm³/mol. The van der Waals surface area contributed by atoms with Crippen molar-refractivity contribution >= 4 is 19.8 Å². The van der Waals surface area contributed by atoms with E-state index in [1.165, 1.54) is 19.3 Å². The normalized spacial score (nSPS) is 10.7. The van der Waals surface area contributed by atoms with Crippen molar-refractivity contribution in [1.29, 1.82) is 0 Å². The van der Waals surface area contributed by atoms with Gasteiger partial charge in [0.2, 0.25) is 0 Å². The van der Waals surface area contributed by atoms with Gasteiger partial charge in [0.25, 0.3) is 0 Å². The molecule has 0 aromatic carbocycles. The Balaban J connectivity index is 2.88. The van der Waals surface area contributed by atoms with Crippen molar-refractivity contribution in [3.8, 4) is 0 Å². The Hall–Kier alpha value is 0.799. The van der Waals surface area contributed by atoms with E-state index in [0.29, 0.717) is 0 Å². The minimum atomic E-state index is -0.699. The summed E-state index contributed by atoms with van der Waals surface area (Å²) in [6, 6.07) is 0. The van der Waals surface area contributed by atoms with E-state index in [4.69, 9.17) is 0 Å². The van der Waals surface area contributed by atoms with E-state index in [0.717, 1.165) is 0 Å². The first-order valence-corrected chi connectivity index (χ1v) is 11.0. The molecule has 0 aromatic heterocycles.